The number of hydrogen-bond acceptors (Lipinski definition) is 9. The Morgan fingerprint density at radius 2 is 1.23 bits per heavy atom. The topological polar surface area (TPSA) is 188 Å². The summed E-state index contributed by atoms with van der Waals surface area (Å²) in [7, 11) is -10.4. The van der Waals surface area contributed by atoms with E-state index in [4.69, 9.17) is 9.11 Å². The maximum absolute atomic E-state index is 11.3. The monoisotopic (exact) mass is 602 g/mol. The van der Waals surface area contributed by atoms with Crippen LogP contribution in [0.15, 0.2) is 50.8 Å². The first-order valence-electron chi connectivity index (χ1n) is 7.62. The van der Waals surface area contributed by atoms with Gasteiger partial charge in [-0.15, -0.1) is 0 Å². The molecule has 2 aromatic carbocycles. The Labute approximate surface area is 193 Å². The van der Waals surface area contributed by atoms with Crippen LogP contribution in [0.5, 0.6) is 17.2 Å². The second-order valence-corrected chi connectivity index (χ2v) is 9.37. The molecule has 5 N–H and O–H groups in total. The summed E-state index contributed by atoms with van der Waals surface area (Å²) >= 11 is 5.98. The van der Waals surface area contributed by atoms with Gasteiger partial charge in [-0.2, -0.15) is 16.8 Å². The fourth-order valence-corrected chi connectivity index (χ4v) is 3.68. The van der Waals surface area contributed by atoms with Gasteiger partial charge in [-0.25, -0.2) is 0 Å². The van der Waals surface area contributed by atoms with E-state index >= 15 is 0 Å². The average Bonchev–Trinajstić information content (AvgIpc) is 2.59. The molecule has 2 aromatic rings. The molecule has 0 aliphatic heterocycles. The van der Waals surface area contributed by atoms with E-state index in [1.54, 1.807) is 0 Å². The second-order valence-electron chi connectivity index (χ2n) is 5.62. The molecule has 31 heavy (non-hydrogen) atoms. The molecule has 0 aliphatic rings. The molecular weight excluding hydrogens is 592 g/mol. The normalized spacial score (nSPS) is 13.2. The van der Waals surface area contributed by atoms with Gasteiger partial charge in [-0.1, -0.05) is 6.07 Å². The predicted molar refractivity (Wildman–Crippen MR) is 114 cm³/mol. The summed E-state index contributed by atoms with van der Waals surface area (Å²) in [6.45, 7) is 0. The van der Waals surface area contributed by atoms with Crippen molar-refractivity contribution in [1.82, 2.24) is 0 Å². The summed E-state index contributed by atoms with van der Waals surface area (Å²) in [6.07, 6.45) is 1.73. The van der Waals surface area contributed by atoms with Crippen molar-refractivity contribution >= 4 is 64.8 Å². The van der Waals surface area contributed by atoms with E-state index in [1.165, 1.54) is 24.3 Å². The van der Waals surface area contributed by atoms with E-state index in [0.29, 0.717) is 0 Å². The van der Waals surface area contributed by atoms with Gasteiger partial charge < -0.3 is 23.7 Å². The average molecular weight is 604 g/mol. The minimum atomic E-state index is -5.22. The van der Waals surface area contributed by atoms with Crippen LogP contribution in [0.25, 0.3) is 12.2 Å². The number of hydrogen-bond donors (Lipinski definition) is 5. The maximum atomic E-state index is 11.3. The molecule has 15 heteroatoms. The fourth-order valence-electron chi connectivity index (χ4n) is 2.10. The second kappa shape index (κ2) is 9.46. The molecule has 0 saturated carbocycles. The standard InChI is InChI=1S/C16H12Br2O11S2/c17-10-3-8(1-2-12(10)19)6-14(28-30(22,23)24)15(29-31(25,26)27)7-9-4-11(18)16(21)13(20)5-9/h1-7,19-21H,(H,22,23,24)(H,25,26,27). The Kier molecular flexibility index (Phi) is 7.61. The van der Waals surface area contributed by atoms with E-state index in [2.05, 4.69) is 40.2 Å². The maximum Gasteiger partial charge on any atom is 0.446 e. The van der Waals surface area contributed by atoms with Crippen LogP contribution in [0.2, 0.25) is 0 Å². The van der Waals surface area contributed by atoms with E-state index in [-0.39, 0.29) is 25.8 Å². The van der Waals surface area contributed by atoms with Crippen molar-refractivity contribution in [2.24, 2.45) is 0 Å². The molecule has 0 aromatic heterocycles. The van der Waals surface area contributed by atoms with E-state index in [1.807, 2.05) is 0 Å². The van der Waals surface area contributed by atoms with Crippen molar-refractivity contribution in [3.05, 3.63) is 61.9 Å². The molecule has 0 bridgehead atoms. The fraction of sp³-hybridized carbons (Fsp3) is 0. The molecule has 0 unspecified atom stereocenters. The Bertz CT molecular complexity index is 1260. The number of phenolic OH excluding ortho intramolecular Hbond substituents is 3. The van der Waals surface area contributed by atoms with Crippen molar-refractivity contribution in [3.8, 4) is 17.2 Å². The van der Waals surface area contributed by atoms with Crippen LogP contribution < -0.4 is 0 Å². The molecule has 0 spiro atoms. The van der Waals surface area contributed by atoms with Crippen LogP contribution in [0.3, 0.4) is 0 Å². The zero-order valence-electron chi connectivity index (χ0n) is 14.8. The lowest BCUT2D eigenvalue weighted by Crippen LogP contribution is -2.11. The lowest BCUT2D eigenvalue weighted by molar-refractivity contribution is 0.289. The molecule has 0 amide bonds. The highest BCUT2D eigenvalue weighted by molar-refractivity contribution is 9.10. The SMILES string of the molecule is O=S(=O)(O)OC(=Cc1ccc(O)c(Br)c1)C(=Cc1cc(O)c(O)c(Br)c1)OS(=O)(=O)O. The van der Waals surface area contributed by atoms with Gasteiger partial charge in [0.05, 0.1) is 8.95 Å². The Hall–Kier alpha value is -2.30. The zero-order valence-corrected chi connectivity index (χ0v) is 19.6. The molecule has 0 saturated heterocycles. The van der Waals surface area contributed by atoms with Crippen LogP contribution >= 0.6 is 31.9 Å². The van der Waals surface area contributed by atoms with Gasteiger partial charge in [0, 0.05) is 0 Å². The summed E-state index contributed by atoms with van der Waals surface area (Å²) in [5.41, 5.74) is 0.0976. The van der Waals surface area contributed by atoms with Crippen LogP contribution in [-0.2, 0) is 29.2 Å². The molecule has 168 valence electrons. The van der Waals surface area contributed by atoms with E-state index in [0.717, 1.165) is 18.2 Å². The highest BCUT2D eigenvalue weighted by Gasteiger charge is 2.22. The lowest BCUT2D eigenvalue weighted by Gasteiger charge is -2.12. The van der Waals surface area contributed by atoms with Gasteiger partial charge in [0.25, 0.3) is 0 Å². The number of halogens is 2. The van der Waals surface area contributed by atoms with Gasteiger partial charge in [-0.3, -0.25) is 9.11 Å². The largest absolute Gasteiger partial charge is 0.507 e. The Morgan fingerprint density at radius 1 is 0.742 bits per heavy atom. The third-order valence-electron chi connectivity index (χ3n) is 3.27. The smallest absolute Gasteiger partial charge is 0.446 e. The quantitative estimate of drug-likeness (QED) is 0.135. The van der Waals surface area contributed by atoms with Crippen molar-refractivity contribution in [1.29, 1.82) is 0 Å². The number of aromatic hydroxyl groups is 3. The summed E-state index contributed by atoms with van der Waals surface area (Å²) in [5, 5.41) is 28.9. The predicted octanol–water partition coefficient (Wildman–Crippen LogP) is 3.35. The number of benzene rings is 2. The minimum Gasteiger partial charge on any atom is -0.507 e. The zero-order chi connectivity index (χ0) is 23.6. The van der Waals surface area contributed by atoms with E-state index in [9.17, 15) is 32.2 Å². The van der Waals surface area contributed by atoms with Gasteiger partial charge in [0.15, 0.2) is 23.0 Å². The summed E-state index contributed by atoms with van der Waals surface area (Å²) in [5.74, 6) is -3.16. The molecule has 0 fully saturated rings. The Morgan fingerprint density at radius 3 is 1.68 bits per heavy atom. The van der Waals surface area contributed by atoms with Gasteiger partial charge in [0.2, 0.25) is 0 Å². The van der Waals surface area contributed by atoms with Gasteiger partial charge in [-0.05, 0) is 79.4 Å². The summed E-state index contributed by atoms with van der Waals surface area (Å²) in [6, 6.07) is 5.92. The van der Waals surface area contributed by atoms with Crippen molar-refractivity contribution in [2.45, 2.75) is 0 Å². The van der Waals surface area contributed by atoms with Crippen LogP contribution in [0, 0.1) is 0 Å². The first-order valence-corrected chi connectivity index (χ1v) is 11.9. The molecule has 11 nitrogen and oxygen atoms in total. The minimum absolute atomic E-state index is 0.0198. The summed E-state index contributed by atoms with van der Waals surface area (Å²) < 4.78 is 72.3. The number of rotatable bonds is 7. The number of phenols is 3. The highest BCUT2D eigenvalue weighted by atomic mass is 79.9. The molecule has 0 aliphatic carbocycles. The highest BCUT2D eigenvalue weighted by Crippen LogP contribution is 2.36. The van der Waals surface area contributed by atoms with Crippen LogP contribution in [0.4, 0.5) is 0 Å². The van der Waals surface area contributed by atoms with Crippen LogP contribution in [-0.4, -0.2) is 41.3 Å². The third kappa shape index (κ3) is 7.71. The third-order valence-corrected chi connectivity index (χ3v) is 5.29. The Balaban J connectivity index is 2.74. The molecule has 0 radical (unpaired) electrons. The summed E-state index contributed by atoms with van der Waals surface area (Å²) in [4.78, 5) is 0. The van der Waals surface area contributed by atoms with Crippen molar-refractivity contribution < 1.29 is 49.6 Å². The van der Waals surface area contributed by atoms with Crippen molar-refractivity contribution in [2.75, 3.05) is 0 Å². The molecular formula is C16H12Br2O11S2. The molecule has 0 atom stereocenters. The molecule has 2 rings (SSSR count). The first kappa shape index (κ1) is 25.0. The lowest BCUT2D eigenvalue weighted by atomic mass is 10.1. The van der Waals surface area contributed by atoms with Gasteiger partial charge in [0.1, 0.15) is 5.75 Å². The van der Waals surface area contributed by atoms with Gasteiger partial charge >= 0.3 is 20.8 Å². The van der Waals surface area contributed by atoms with Crippen molar-refractivity contribution in [3.63, 3.8) is 0 Å². The van der Waals surface area contributed by atoms with Crippen LogP contribution in [0.1, 0.15) is 11.1 Å². The van der Waals surface area contributed by atoms with E-state index < -0.39 is 43.8 Å². The first-order chi connectivity index (χ1) is 14.1. The molecule has 0 heterocycles.